The van der Waals surface area contributed by atoms with E-state index in [0.717, 1.165) is 45.6 Å². The third-order valence-corrected chi connectivity index (χ3v) is 3.86. The van der Waals surface area contributed by atoms with E-state index in [1.165, 1.54) is 12.8 Å². The summed E-state index contributed by atoms with van der Waals surface area (Å²) in [5.74, 6) is 0.305. The summed E-state index contributed by atoms with van der Waals surface area (Å²) in [5, 5.41) is 3.35. The summed E-state index contributed by atoms with van der Waals surface area (Å²) in [6.07, 6.45) is 5.36. The number of ether oxygens (including phenoxy) is 1. The van der Waals surface area contributed by atoms with Crippen molar-refractivity contribution < 1.29 is 9.53 Å². The van der Waals surface area contributed by atoms with Crippen molar-refractivity contribution in [1.29, 1.82) is 0 Å². The molecule has 0 spiro atoms. The molecule has 0 aromatic heterocycles. The third kappa shape index (κ3) is 3.19. The minimum Gasteiger partial charge on any atom is -0.381 e. The van der Waals surface area contributed by atoms with Crippen molar-refractivity contribution in [3.05, 3.63) is 0 Å². The minimum atomic E-state index is 0.0616. The van der Waals surface area contributed by atoms with Crippen LogP contribution in [-0.4, -0.2) is 49.2 Å². The Labute approximate surface area is 104 Å². The van der Waals surface area contributed by atoms with Crippen LogP contribution in [0.1, 0.15) is 39.0 Å². The standard InChI is InChI=1S/C13H24N2O2/c1-2-15(11-6-9-17-10-7-11)13(16)12-5-3-4-8-14-12/h11-12,14H,2-10H2,1H3/t12-/m1/s1. The Hall–Kier alpha value is -0.610. The van der Waals surface area contributed by atoms with Crippen LogP contribution in [0.15, 0.2) is 0 Å². The minimum absolute atomic E-state index is 0.0616. The quantitative estimate of drug-likeness (QED) is 0.805. The van der Waals surface area contributed by atoms with Crippen LogP contribution in [0.25, 0.3) is 0 Å². The molecule has 98 valence electrons. The molecule has 0 aliphatic carbocycles. The lowest BCUT2D eigenvalue weighted by Crippen LogP contribution is -2.52. The lowest BCUT2D eigenvalue weighted by atomic mass is 10.0. The van der Waals surface area contributed by atoms with Gasteiger partial charge in [0.15, 0.2) is 0 Å². The number of carbonyl (C=O) groups is 1. The molecule has 2 saturated heterocycles. The highest BCUT2D eigenvalue weighted by Crippen LogP contribution is 2.17. The molecule has 2 aliphatic heterocycles. The Kier molecular flexibility index (Phi) is 4.80. The van der Waals surface area contributed by atoms with Gasteiger partial charge < -0.3 is 15.0 Å². The number of amides is 1. The number of carbonyl (C=O) groups excluding carboxylic acids is 1. The summed E-state index contributed by atoms with van der Waals surface area (Å²) in [5.41, 5.74) is 0. The number of rotatable bonds is 3. The Morgan fingerprint density at radius 3 is 2.65 bits per heavy atom. The van der Waals surface area contributed by atoms with E-state index in [0.29, 0.717) is 11.9 Å². The van der Waals surface area contributed by atoms with Crippen molar-refractivity contribution in [2.24, 2.45) is 0 Å². The zero-order valence-corrected chi connectivity index (χ0v) is 10.8. The molecular formula is C13H24N2O2. The van der Waals surface area contributed by atoms with Crippen LogP contribution in [0, 0.1) is 0 Å². The summed E-state index contributed by atoms with van der Waals surface area (Å²) in [6.45, 7) is 5.48. The van der Waals surface area contributed by atoms with Gasteiger partial charge in [0.05, 0.1) is 6.04 Å². The van der Waals surface area contributed by atoms with Crippen molar-refractivity contribution in [2.45, 2.75) is 51.1 Å². The highest BCUT2D eigenvalue weighted by atomic mass is 16.5. The highest BCUT2D eigenvalue weighted by Gasteiger charge is 2.30. The van der Waals surface area contributed by atoms with Gasteiger partial charge in [-0.3, -0.25) is 4.79 Å². The van der Waals surface area contributed by atoms with Gasteiger partial charge in [0.25, 0.3) is 0 Å². The average molecular weight is 240 g/mol. The first-order valence-corrected chi connectivity index (χ1v) is 6.94. The summed E-state index contributed by atoms with van der Waals surface area (Å²) in [7, 11) is 0. The van der Waals surface area contributed by atoms with E-state index in [1.54, 1.807) is 0 Å². The summed E-state index contributed by atoms with van der Waals surface area (Å²) in [6, 6.07) is 0.455. The summed E-state index contributed by atoms with van der Waals surface area (Å²) >= 11 is 0. The molecular weight excluding hydrogens is 216 g/mol. The fourth-order valence-corrected chi connectivity index (χ4v) is 2.85. The Morgan fingerprint density at radius 2 is 2.06 bits per heavy atom. The topological polar surface area (TPSA) is 41.6 Å². The molecule has 1 atom stereocenters. The zero-order chi connectivity index (χ0) is 12.1. The Bertz CT molecular complexity index is 246. The molecule has 0 saturated carbocycles. The van der Waals surface area contributed by atoms with Gasteiger partial charge in [-0.2, -0.15) is 0 Å². The normalized spacial score (nSPS) is 26.8. The second-order valence-corrected chi connectivity index (χ2v) is 4.97. The maximum Gasteiger partial charge on any atom is 0.239 e. The third-order valence-electron chi connectivity index (χ3n) is 3.86. The Morgan fingerprint density at radius 1 is 1.29 bits per heavy atom. The first-order valence-electron chi connectivity index (χ1n) is 6.94. The Balaban J connectivity index is 1.93. The molecule has 1 N–H and O–H groups in total. The van der Waals surface area contributed by atoms with Crippen LogP contribution in [0.3, 0.4) is 0 Å². The predicted octanol–water partition coefficient (Wildman–Crippen LogP) is 1.16. The van der Waals surface area contributed by atoms with Gasteiger partial charge in [0, 0.05) is 25.8 Å². The number of hydrogen-bond donors (Lipinski definition) is 1. The van der Waals surface area contributed by atoms with E-state index in [-0.39, 0.29) is 6.04 Å². The van der Waals surface area contributed by atoms with Gasteiger partial charge in [0.1, 0.15) is 0 Å². The van der Waals surface area contributed by atoms with Gasteiger partial charge in [-0.15, -0.1) is 0 Å². The van der Waals surface area contributed by atoms with Crippen molar-refractivity contribution in [3.63, 3.8) is 0 Å². The van der Waals surface area contributed by atoms with E-state index in [1.807, 2.05) is 0 Å². The maximum atomic E-state index is 12.5. The molecule has 0 aromatic rings. The molecule has 0 radical (unpaired) electrons. The highest BCUT2D eigenvalue weighted by molar-refractivity contribution is 5.82. The molecule has 0 aromatic carbocycles. The molecule has 4 nitrogen and oxygen atoms in total. The summed E-state index contributed by atoms with van der Waals surface area (Å²) < 4.78 is 5.37. The smallest absolute Gasteiger partial charge is 0.239 e. The first kappa shape index (κ1) is 12.8. The van der Waals surface area contributed by atoms with Gasteiger partial charge in [-0.25, -0.2) is 0 Å². The maximum absolute atomic E-state index is 12.5. The zero-order valence-electron chi connectivity index (χ0n) is 10.8. The fraction of sp³-hybridized carbons (Fsp3) is 0.923. The van der Waals surface area contributed by atoms with E-state index in [9.17, 15) is 4.79 Å². The molecule has 1 amide bonds. The van der Waals surface area contributed by atoms with Crippen LogP contribution in [0.2, 0.25) is 0 Å². The largest absolute Gasteiger partial charge is 0.381 e. The van der Waals surface area contributed by atoms with E-state index < -0.39 is 0 Å². The van der Waals surface area contributed by atoms with Gasteiger partial charge in [0.2, 0.25) is 5.91 Å². The van der Waals surface area contributed by atoms with Crippen molar-refractivity contribution >= 4 is 5.91 Å². The fourth-order valence-electron chi connectivity index (χ4n) is 2.85. The molecule has 2 heterocycles. The number of hydrogen-bond acceptors (Lipinski definition) is 3. The molecule has 2 rings (SSSR count). The van der Waals surface area contributed by atoms with Crippen molar-refractivity contribution in [3.8, 4) is 0 Å². The molecule has 2 aliphatic rings. The van der Waals surface area contributed by atoms with Crippen LogP contribution >= 0.6 is 0 Å². The SMILES string of the molecule is CCN(C(=O)[C@H]1CCCCN1)C1CCOCC1. The van der Waals surface area contributed by atoms with E-state index in [2.05, 4.69) is 17.1 Å². The molecule has 4 heteroatoms. The summed E-state index contributed by atoms with van der Waals surface area (Å²) in [4.78, 5) is 14.5. The van der Waals surface area contributed by atoms with Gasteiger partial charge >= 0.3 is 0 Å². The van der Waals surface area contributed by atoms with Gasteiger partial charge in [-0.1, -0.05) is 6.42 Å². The average Bonchev–Trinajstić information content (AvgIpc) is 2.42. The van der Waals surface area contributed by atoms with Crippen LogP contribution in [0.5, 0.6) is 0 Å². The lowest BCUT2D eigenvalue weighted by Gasteiger charge is -2.37. The molecule has 0 bridgehead atoms. The lowest BCUT2D eigenvalue weighted by molar-refractivity contribution is -0.138. The number of nitrogens with one attached hydrogen (secondary N) is 1. The number of nitrogens with zero attached hydrogens (tertiary/aromatic N) is 1. The van der Waals surface area contributed by atoms with Gasteiger partial charge in [-0.05, 0) is 39.2 Å². The second-order valence-electron chi connectivity index (χ2n) is 4.97. The van der Waals surface area contributed by atoms with E-state index in [4.69, 9.17) is 4.74 Å². The van der Waals surface area contributed by atoms with Crippen molar-refractivity contribution in [2.75, 3.05) is 26.3 Å². The van der Waals surface area contributed by atoms with Crippen LogP contribution in [-0.2, 0) is 9.53 Å². The number of likely N-dealkylation sites (N-methyl/N-ethyl adjacent to an activating group) is 1. The van der Waals surface area contributed by atoms with Crippen LogP contribution in [0.4, 0.5) is 0 Å². The first-order chi connectivity index (χ1) is 8.33. The molecule has 0 unspecified atom stereocenters. The molecule has 17 heavy (non-hydrogen) atoms. The van der Waals surface area contributed by atoms with Crippen LogP contribution < -0.4 is 5.32 Å². The van der Waals surface area contributed by atoms with Crippen molar-refractivity contribution in [1.82, 2.24) is 10.2 Å². The number of piperidine rings is 1. The monoisotopic (exact) mass is 240 g/mol. The second kappa shape index (κ2) is 6.36. The van der Waals surface area contributed by atoms with E-state index >= 15 is 0 Å². The predicted molar refractivity (Wildman–Crippen MR) is 66.9 cm³/mol. The molecule has 2 fully saturated rings.